The fourth-order valence-electron chi connectivity index (χ4n) is 3.31. The van der Waals surface area contributed by atoms with E-state index in [0.717, 1.165) is 31.9 Å². The van der Waals surface area contributed by atoms with Crippen LogP contribution in [-0.2, 0) is 0 Å². The molecular weight excluding hydrogens is 344 g/mol. The average Bonchev–Trinajstić information content (AvgIpc) is 3.02. The van der Waals surface area contributed by atoms with E-state index in [2.05, 4.69) is 48.5 Å². The Morgan fingerprint density at radius 1 is 1.15 bits per heavy atom. The number of carbonyl (C=O) groups excluding carboxylic acids is 1. The van der Waals surface area contributed by atoms with Gasteiger partial charge in [0.25, 0.3) is 0 Å². The summed E-state index contributed by atoms with van der Waals surface area (Å²) in [4.78, 5) is 31.5. The van der Waals surface area contributed by atoms with Crippen molar-refractivity contribution in [3.63, 3.8) is 0 Å². The predicted octanol–water partition coefficient (Wildman–Crippen LogP) is 1.29. The maximum Gasteiger partial charge on any atom is 0.323 e. The molecule has 0 bridgehead atoms. The lowest BCUT2D eigenvalue weighted by molar-refractivity contribution is 0.251. The van der Waals surface area contributed by atoms with Gasteiger partial charge in [-0.2, -0.15) is 4.98 Å². The fourth-order valence-corrected chi connectivity index (χ4v) is 3.31. The van der Waals surface area contributed by atoms with Gasteiger partial charge in [0.2, 0.25) is 5.95 Å². The standard InChI is InChI=1S/C18H24N8O/c1-13-11-21-18(27)26(13)16-5-6-19-17(23-16)22-15-4-3-14(12-20-15)25-9-7-24(2)8-10-25/h3-6,12-13H,7-11H2,1-2H3,(H,21,27)(H,19,20,22,23)/t13-/m0/s1. The molecule has 0 aromatic carbocycles. The molecule has 2 aliphatic heterocycles. The Hall–Kier alpha value is -2.94. The molecule has 2 saturated heterocycles. The van der Waals surface area contributed by atoms with Crippen molar-refractivity contribution >= 4 is 29.3 Å². The molecule has 2 aromatic heterocycles. The van der Waals surface area contributed by atoms with Crippen LogP contribution in [-0.4, -0.2) is 71.7 Å². The van der Waals surface area contributed by atoms with E-state index < -0.39 is 0 Å². The summed E-state index contributed by atoms with van der Waals surface area (Å²) in [5.74, 6) is 1.66. The summed E-state index contributed by atoms with van der Waals surface area (Å²) in [5, 5.41) is 5.93. The molecule has 2 fully saturated rings. The van der Waals surface area contributed by atoms with Crippen molar-refractivity contribution in [1.82, 2.24) is 25.2 Å². The molecule has 9 nitrogen and oxygen atoms in total. The molecule has 142 valence electrons. The van der Waals surface area contributed by atoms with Gasteiger partial charge in [0.15, 0.2) is 0 Å². The number of rotatable bonds is 4. The number of urea groups is 1. The monoisotopic (exact) mass is 368 g/mol. The van der Waals surface area contributed by atoms with Crippen LogP contribution in [0.15, 0.2) is 30.6 Å². The summed E-state index contributed by atoms with van der Waals surface area (Å²) in [6.07, 6.45) is 3.51. The Bertz CT molecular complexity index is 803. The third-order valence-corrected chi connectivity index (χ3v) is 4.95. The molecule has 0 unspecified atom stereocenters. The number of carbonyl (C=O) groups is 1. The summed E-state index contributed by atoms with van der Waals surface area (Å²) < 4.78 is 0. The summed E-state index contributed by atoms with van der Waals surface area (Å²) in [7, 11) is 2.14. The highest BCUT2D eigenvalue weighted by Crippen LogP contribution is 2.21. The predicted molar refractivity (Wildman–Crippen MR) is 105 cm³/mol. The van der Waals surface area contributed by atoms with Gasteiger partial charge in [-0.05, 0) is 32.2 Å². The highest BCUT2D eigenvalue weighted by atomic mass is 16.2. The first-order valence-corrected chi connectivity index (χ1v) is 9.17. The zero-order valence-corrected chi connectivity index (χ0v) is 15.6. The van der Waals surface area contributed by atoms with Gasteiger partial charge in [0.05, 0.1) is 17.9 Å². The molecular formula is C18H24N8O. The fraction of sp³-hybridized carbons (Fsp3) is 0.444. The van der Waals surface area contributed by atoms with Crippen molar-refractivity contribution in [2.75, 3.05) is 54.9 Å². The van der Waals surface area contributed by atoms with Gasteiger partial charge in [-0.15, -0.1) is 0 Å². The number of piperazine rings is 1. The number of pyridine rings is 1. The zero-order chi connectivity index (χ0) is 18.8. The molecule has 2 amide bonds. The molecule has 4 heterocycles. The van der Waals surface area contributed by atoms with Crippen LogP contribution in [0, 0.1) is 0 Å². The second-order valence-corrected chi connectivity index (χ2v) is 6.96. The van der Waals surface area contributed by atoms with Gasteiger partial charge in [0, 0.05) is 38.9 Å². The molecule has 9 heteroatoms. The maximum atomic E-state index is 12.0. The van der Waals surface area contributed by atoms with E-state index >= 15 is 0 Å². The number of nitrogens with one attached hydrogen (secondary N) is 2. The molecule has 0 saturated carbocycles. The van der Waals surface area contributed by atoms with E-state index in [0.29, 0.717) is 24.1 Å². The second-order valence-electron chi connectivity index (χ2n) is 6.96. The van der Waals surface area contributed by atoms with Crippen LogP contribution in [0.4, 0.5) is 28.1 Å². The summed E-state index contributed by atoms with van der Waals surface area (Å²) in [6, 6.07) is 5.63. The van der Waals surface area contributed by atoms with Crippen molar-refractivity contribution < 1.29 is 4.79 Å². The van der Waals surface area contributed by atoms with Crippen LogP contribution in [0.25, 0.3) is 0 Å². The van der Waals surface area contributed by atoms with E-state index in [4.69, 9.17) is 0 Å². The highest BCUT2D eigenvalue weighted by molar-refractivity contribution is 5.94. The lowest BCUT2D eigenvalue weighted by Crippen LogP contribution is -2.44. The summed E-state index contributed by atoms with van der Waals surface area (Å²) in [6.45, 7) is 6.72. The smallest absolute Gasteiger partial charge is 0.323 e. The van der Waals surface area contributed by atoms with E-state index in [9.17, 15) is 4.79 Å². The molecule has 0 spiro atoms. The molecule has 2 aromatic rings. The number of likely N-dealkylation sites (N-methyl/N-ethyl adjacent to an activating group) is 1. The van der Waals surface area contributed by atoms with E-state index in [1.54, 1.807) is 17.2 Å². The van der Waals surface area contributed by atoms with E-state index in [1.807, 2.05) is 19.2 Å². The van der Waals surface area contributed by atoms with Crippen molar-refractivity contribution in [2.45, 2.75) is 13.0 Å². The number of nitrogens with zero attached hydrogens (tertiary/aromatic N) is 6. The summed E-state index contributed by atoms with van der Waals surface area (Å²) >= 11 is 0. The Morgan fingerprint density at radius 3 is 2.63 bits per heavy atom. The quantitative estimate of drug-likeness (QED) is 0.840. The normalized spacial score (nSPS) is 20.7. The van der Waals surface area contributed by atoms with Crippen LogP contribution in [0.5, 0.6) is 0 Å². The van der Waals surface area contributed by atoms with Gasteiger partial charge in [-0.3, -0.25) is 4.90 Å². The van der Waals surface area contributed by atoms with Gasteiger partial charge in [-0.25, -0.2) is 14.8 Å². The molecule has 0 radical (unpaired) electrons. The van der Waals surface area contributed by atoms with Crippen LogP contribution < -0.4 is 20.4 Å². The number of aromatic nitrogens is 3. The maximum absolute atomic E-state index is 12.0. The molecule has 2 aliphatic rings. The number of anilines is 4. The summed E-state index contributed by atoms with van der Waals surface area (Å²) in [5.41, 5.74) is 1.12. The lowest BCUT2D eigenvalue weighted by atomic mass is 10.3. The second kappa shape index (κ2) is 7.36. The molecule has 4 rings (SSSR count). The first-order valence-electron chi connectivity index (χ1n) is 9.17. The third kappa shape index (κ3) is 3.77. The first-order chi connectivity index (χ1) is 13.1. The molecule has 1 atom stereocenters. The number of hydrogen-bond acceptors (Lipinski definition) is 7. The lowest BCUT2D eigenvalue weighted by Gasteiger charge is -2.33. The largest absolute Gasteiger partial charge is 0.368 e. The van der Waals surface area contributed by atoms with Crippen LogP contribution in [0.2, 0.25) is 0 Å². The van der Waals surface area contributed by atoms with Gasteiger partial charge >= 0.3 is 6.03 Å². The van der Waals surface area contributed by atoms with Crippen molar-refractivity contribution in [3.8, 4) is 0 Å². The van der Waals surface area contributed by atoms with Gasteiger partial charge < -0.3 is 20.4 Å². The zero-order valence-electron chi connectivity index (χ0n) is 15.6. The Morgan fingerprint density at radius 2 is 1.96 bits per heavy atom. The van der Waals surface area contributed by atoms with Gasteiger partial charge in [-0.1, -0.05) is 0 Å². The minimum absolute atomic E-state index is 0.0567. The van der Waals surface area contributed by atoms with Crippen LogP contribution >= 0.6 is 0 Å². The van der Waals surface area contributed by atoms with Crippen molar-refractivity contribution in [3.05, 3.63) is 30.6 Å². The van der Waals surface area contributed by atoms with E-state index in [-0.39, 0.29) is 12.1 Å². The first kappa shape index (κ1) is 17.5. The Balaban J connectivity index is 1.45. The molecule has 27 heavy (non-hydrogen) atoms. The highest BCUT2D eigenvalue weighted by Gasteiger charge is 2.29. The minimum atomic E-state index is -0.137. The molecule has 2 N–H and O–H groups in total. The van der Waals surface area contributed by atoms with Gasteiger partial charge in [0.1, 0.15) is 11.6 Å². The van der Waals surface area contributed by atoms with E-state index in [1.165, 1.54) is 0 Å². The Kier molecular flexibility index (Phi) is 4.76. The van der Waals surface area contributed by atoms with Crippen molar-refractivity contribution in [1.29, 1.82) is 0 Å². The third-order valence-electron chi connectivity index (χ3n) is 4.95. The SMILES string of the molecule is C[C@H]1CNC(=O)N1c1ccnc(Nc2ccc(N3CCN(C)CC3)cn2)n1. The minimum Gasteiger partial charge on any atom is -0.368 e. The Labute approximate surface area is 158 Å². The number of amides is 2. The topological polar surface area (TPSA) is 89.5 Å². The molecule has 0 aliphatic carbocycles. The number of hydrogen-bond donors (Lipinski definition) is 2. The average molecular weight is 368 g/mol. The van der Waals surface area contributed by atoms with Crippen molar-refractivity contribution in [2.24, 2.45) is 0 Å². The van der Waals surface area contributed by atoms with Crippen LogP contribution in [0.1, 0.15) is 6.92 Å². The van der Waals surface area contributed by atoms with Crippen LogP contribution in [0.3, 0.4) is 0 Å².